The van der Waals surface area contributed by atoms with Crippen LogP contribution in [0.25, 0.3) is 0 Å². The second kappa shape index (κ2) is 7.13. The number of aromatic nitrogens is 4. The van der Waals surface area contributed by atoms with Gasteiger partial charge in [-0.05, 0) is 41.0 Å². The zero-order valence-corrected chi connectivity index (χ0v) is 14.3. The van der Waals surface area contributed by atoms with Gasteiger partial charge in [0.05, 0.1) is 12.6 Å². The van der Waals surface area contributed by atoms with Crippen LogP contribution in [0.3, 0.4) is 0 Å². The van der Waals surface area contributed by atoms with Crippen molar-refractivity contribution in [3.63, 3.8) is 0 Å². The molecule has 0 spiro atoms. The van der Waals surface area contributed by atoms with E-state index in [9.17, 15) is 0 Å². The van der Waals surface area contributed by atoms with Crippen molar-refractivity contribution in [1.29, 1.82) is 0 Å². The molecule has 1 atom stereocenters. The first kappa shape index (κ1) is 16.6. The molecule has 1 N–H and O–H groups in total. The fourth-order valence-corrected chi connectivity index (χ4v) is 3.28. The molecule has 1 saturated heterocycles. The lowest BCUT2D eigenvalue weighted by molar-refractivity contribution is 0.147. The van der Waals surface area contributed by atoms with Crippen LogP contribution in [0.2, 0.25) is 5.02 Å². The molecule has 8 heteroatoms. The van der Waals surface area contributed by atoms with Crippen LogP contribution >= 0.6 is 24.0 Å². The maximum absolute atomic E-state index is 6.15. The van der Waals surface area contributed by atoms with E-state index in [1.807, 2.05) is 16.8 Å². The Kier molecular flexibility index (Phi) is 5.16. The lowest BCUT2D eigenvalue weighted by Crippen LogP contribution is -2.45. The highest BCUT2D eigenvalue weighted by Crippen LogP contribution is 2.35. The molecule has 1 saturated carbocycles. The average molecular weight is 355 g/mol. The van der Waals surface area contributed by atoms with E-state index >= 15 is 0 Å². The van der Waals surface area contributed by atoms with Gasteiger partial charge in [0.25, 0.3) is 0 Å². The van der Waals surface area contributed by atoms with Crippen molar-refractivity contribution in [2.75, 3.05) is 19.6 Å². The highest BCUT2D eigenvalue weighted by atomic mass is 35.5. The van der Waals surface area contributed by atoms with E-state index in [1.54, 1.807) is 0 Å². The van der Waals surface area contributed by atoms with E-state index in [1.165, 1.54) is 18.4 Å². The summed E-state index contributed by atoms with van der Waals surface area (Å²) in [6, 6.07) is 8.93. The molecule has 1 aliphatic heterocycles. The second-order valence-electron chi connectivity index (χ2n) is 6.02. The van der Waals surface area contributed by atoms with Crippen molar-refractivity contribution in [2.45, 2.75) is 31.5 Å². The van der Waals surface area contributed by atoms with Gasteiger partial charge in [0, 0.05) is 30.7 Å². The molecule has 1 aromatic carbocycles. The monoisotopic (exact) mass is 354 g/mol. The maximum Gasteiger partial charge on any atom is 0.165 e. The van der Waals surface area contributed by atoms with Crippen molar-refractivity contribution in [1.82, 2.24) is 30.4 Å². The number of nitrogens with zero attached hydrogens (tertiary/aromatic N) is 5. The number of halogens is 2. The van der Waals surface area contributed by atoms with E-state index in [4.69, 9.17) is 11.6 Å². The Morgan fingerprint density at radius 2 is 2.17 bits per heavy atom. The summed E-state index contributed by atoms with van der Waals surface area (Å²) in [4.78, 5) is 2.44. The SMILES string of the molecule is Cl.Clc1cccc(C2CNCCN2Cc2nnnn2C2CC2)c1. The van der Waals surface area contributed by atoms with Crippen molar-refractivity contribution < 1.29 is 0 Å². The van der Waals surface area contributed by atoms with Crippen molar-refractivity contribution in [3.8, 4) is 0 Å². The van der Waals surface area contributed by atoms with E-state index < -0.39 is 0 Å². The maximum atomic E-state index is 6.15. The van der Waals surface area contributed by atoms with E-state index in [0.29, 0.717) is 12.1 Å². The standard InChI is InChI=1S/C15H19ClN6.ClH/c16-12-3-1-2-11(8-12)14-9-17-6-7-21(14)10-15-18-19-20-22(15)13-4-5-13;/h1-3,8,13-14,17H,4-7,9-10H2;1H. The molecule has 0 radical (unpaired) electrons. The fourth-order valence-electron chi connectivity index (χ4n) is 3.08. The van der Waals surface area contributed by atoms with Crippen molar-refractivity contribution in [3.05, 3.63) is 40.7 Å². The molecule has 2 aromatic rings. The molecule has 1 aliphatic carbocycles. The molecular formula is C15H20Cl2N6. The number of hydrogen-bond acceptors (Lipinski definition) is 5. The second-order valence-corrected chi connectivity index (χ2v) is 6.45. The largest absolute Gasteiger partial charge is 0.314 e. The Morgan fingerprint density at radius 3 is 2.96 bits per heavy atom. The summed E-state index contributed by atoms with van der Waals surface area (Å²) in [5.74, 6) is 0.969. The third kappa shape index (κ3) is 3.66. The highest BCUT2D eigenvalue weighted by Gasteiger charge is 2.30. The normalized spacial score (nSPS) is 21.9. The van der Waals surface area contributed by atoms with Crippen LogP contribution in [0.5, 0.6) is 0 Å². The predicted octanol–water partition coefficient (Wildman–Crippen LogP) is 2.23. The molecule has 1 aromatic heterocycles. The molecule has 6 nitrogen and oxygen atoms in total. The van der Waals surface area contributed by atoms with Gasteiger partial charge in [-0.1, -0.05) is 23.7 Å². The zero-order valence-electron chi connectivity index (χ0n) is 12.7. The Balaban J connectivity index is 0.00000156. The van der Waals surface area contributed by atoms with Gasteiger partial charge in [-0.2, -0.15) is 0 Å². The van der Waals surface area contributed by atoms with Gasteiger partial charge >= 0.3 is 0 Å². The first-order valence-corrected chi connectivity index (χ1v) is 8.16. The molecule has 124 valence electrons. The van der Waals surface area contributed by atoms with Crippen LogP contribution < -0.4 is 5.32 Å². The first-order valence-electron chi connectivity index (χ1n) is 7.78. The quantitative estimate of drug-likeness (QED) is 0.912. The lowest BCUT2D eigenvalue weighted by atomic mass is 10.0. The van der Waals surface area contributed by atoms with Crippen LogP contribution in [0.1, 0.15) is 36.3 Å². The van der Waals surface area contributed by atoms with Gasteiger partial charge in [-0.25, -0.2) is 4.68 Å². The Labute approximate surface area is 146 Å². The van der Waals surface area contributed by atoms with E-state index in [-0.39, 0.29) is 12.4 Å². The summed E-state index contributed by atoms with van der Waals surface area (Å²) in [6.07, 6.45) is 2.38. The van der Waals surface area contributed by atoms with E-state index in [2.05, 4.69) is 37.9 Å². The zero-order chi connectivity index (χ0) is 14.9. The Morgan fingerprint density at radius 1 is 1.30 bits per heavy atom. The van der Waals surface area contributed by atoms with Crippen LogP contribution in [-0.2, 0) is 6.54 Å². The van der Waals surface area contributed by atoms with Crippen LogP contribution in [-0.4, -0.2) is 44.7 Å². The molecule has 23 heavy (non-hydrogen) atoms. The van der Waals surface area contributed by atoms with Gasteiger partial charge in [0.2, 0.25) is 0 Å². The number of rotatable bonds is 4. The lowest BCUT2D eigenvalue weighted by Gasteiger charge is -2.36. The molecule has 2 aliphatic rings. The van der Waals surface area contributed by atoms with Gasteiger partial charge in [0.1, 0.15) is 0 Å². The number of hydrogen-bond donors (Lipinski definition) is 1. The minimum atomic E-state index is 0. The van der Waals surface area contributed by atoms with Gasteiger partial charge in [0.15, 0.2) is 5.82 Å². The predicted molar refractivity (Wildman–Crippen MR) is 90.8 cm³/mol. The molecular weight excluding hydrogens is 335 g/mol. The van der Waals surface area contributed by atoms with Gasteiger partial charge in [-0.15, -0.1) is 17.5 Å². The van der Waals surface area contributed by atoms with Crippen molar-refractivity contribution in [2.24, 2.45) is 0 Å². The smallest absolute Gasteiger partial charge is 0.165 e. The summed E-state index contributed by atoms with van der Waals surface area (Å²) >= 11 is 6.15. The Bertz CT molecular complexity index is 657. The first-order chi connectivity index (χ1) is 10.8. The minimum Gasteiger partial charge on any atom is -0.314 e. The van der Waals surface area contributed by atoms with Crippen LogP contribution in [0.15, 0.2) is 24.3 Å². The third-order valence-corrected chi connectivity index (χ3v) is 4.62. The molecule has 4 rings (SSSR count). The third-order valence-electron chi connectivity index (χ3n) is 4.39. The van der Waals surface area contributed by atoms with Crippen LogP contribution in [0.4, 0.5) is 0 Å². The summed E-state index contributed by atoms with van der Waals surface area (Å²) in [5, 5.41) is 16.5. The minimum absolute atomic E-state index is 0. The van der Waals surface area contributed by atoms with Crippen LogP contribution in [0, 0.1) is 0 Å². The summed E-state index contributed by atoms with van der Waals surface area (Å²) in [7, 11) is 0. The van der Waals surface area contributed by atoms with Gasteiger partial charge < -0.3 is 5.32 Å². The summed E-state index contributed by atoms with van der Waals surface area (Å²) in [5.41, 5.74) is 1.24. The topological polar surface area (TPSA) is 58.9 Å². The summed E-state index contributed by atoms with van der Waals surface area (Å²) < 4.78 is 2.00. The molecule has 0 amide bonds. The van der Waals surface area contributed by atoms with Crippen molar-refractivity contribution >= 4 is 24.0 Å². The fraction of sp³-hybridized carbons (Fsp3) is 0.533. The highest BCUT2D eigenvalue weighted by molar-refractivity contribution is 6.30. The molecule has 0 bridgehead atoms. The number of tetrazole rings is 1. The van der Waals surface area contributed by atoms with E-state index in [0.717, 1.165) is 37.0 Å². The number of piperazine rings is 1. The summed E-state index contributed by atoms with van der Waals surface area (Å²) in [6.45, 7) is 3.67. The molecule has 1 unspecified atom stereocenters. The molecule has 2 heterocycles. The number of benzene rings is 1. The number of nitrogens with one attached hydrogen (secondary N) is 1. The Hall–Kier alpha value is -1.21. The average Bonchev–Trinajstić information content (AvgIpc) is 3.28. The molecule has 2 fully saturated rings. The van der Waals surface area contributed by atoms with Gasteiger partial charge in [-0.3, -0.25) is 4.90 Å².